The molecule has 1 nitrogen and oxygen atoms in total. The van der Waals surface area contributed by atoms with Gasteiger partial charge in [-0.2, -0.15) is 0 Å². The van der Waals surface area contributed by atoms with Gasteiger partial charge in [-0.05, 0) is 5.57 Å². The van der Waals surface area contributed by atoms with Crippen molar-refractivity contribution in [3.8, 4) is 0 Å². The van der Waals surface area contributed by atoms with E-state index in [2.05, 4.69) is 17.6 Å². The van der Waals surface area contributed by atoms with E-state index in [0.29, 0.717) is 0 Å². The first-order valence-electron chi connectivity index (χ1n) is 2.02. The first-order valence-corrected chi connectivity index (χ1v) is 2.02. The van der Waals surface area contributed by atoms with Crippen molar-refractivity contribution in [1.29, 1.82) is 0 Å². The van der Waals surface area contributed by atoms with Crippen molar-refractivity contribution in [2.75, 3.05) is 13.1 Å². The molecule has 0 spiro atoms. The maximum atomic E-state index is 3.48. The van der Waals surface area contributed by atoms with E-state index in [0.717, 1.165) is 13.1 Å². The van der Waals surface area contributed by atoms with Gasteiger partial charge in [-0.1, -0.05) is 6.58 Å². The Morgan fingerprint density at radius 3 is 2.33 bits per heavy atom. The molecule has 0 amide bonds. The first kappa shape index (κ1) is 3.66. The average molecular weight is 81.1 g/mol. The smallest absolute Gasteiger partial charge is 0.0256 e. The fourth-order valence-electron chi connectivity index (χ4n) is 0.375. The molecule has 0 aliphatic carbocycles. The minimum Gasteiger partial charge on any atom is -0.308 e. The lowest BCUT2D eigenvalue weighted by atomic mass is 10.2. The van der Waals surface area contributed by atoms with Crippen LogP contribution in [-0.4, -0.2) is 13.1 Å². The molecule has 32 valence electrons. The average Bonchev–Trinajstić information content (AvgIpc) is 1.31. The van der Waals surface area contributed by atoms with Gasteiger partial charge in [0.2, 0.25) is 0 Å². The molecule has 0 unspecified atom stereocenters. The zero-order valence-electron chi connectivity index (χ0n) is 3.62. The number of nitrogens with one attached hydrogen (secondary N) is 1. The van der Waals surface area contributed by atoms with Crippen molar-refractivity contribution in [1.82, 2.24) is 5.32 Å². The molecule has 1 heterocycles. The molecule has 1 heteroatoms. The van der Waals surface area contributed by atoms with Crippen LogP contribution in [0, 0.1) is 0 Å². The van der Waals surface area contributed by atoms with Gasteiger partial charge in [0.1, 0.15) is 0 Å². The summed E-state index contributed by atoms with van der Waals surface area (Å²) in [6.45, 7) is 5.49. The van der Waals surface area contributed by atoms with E-state index in [1.54, 1.807) is 0 Å². The Hall–Kier alpha value is -0.520. The quantitative estimate of drug-likeness (QED) is 0.413. The van der Waals surface area contributed by atoms with E-state index in [-0.39, 0.29) is 0 Å². The molecule has 1 N–H and O–H groups in total. The van der Waals surface area contributed by atoms with Gasteiger partial charge in [-0.15, -0.1) is 5.73 Å². The topological polar surface area (TPSA) is 12.0 Å². The van der Waals surface area contributed by atoms with Crippen molar-refractivity contribution in [2.45, 2.75) is 0 Å². The molecule has 1 saturated heterocycles. The van der Waals surface area contributed by atoms with Crippen LogP contribution in [0.1, 0.15) is 0 Å². The van der Waals surface area contributed by atoms with E-state index in [1.807, 2.05) is 0 Å². The van der Waals surface area contributed by atoms with Crippen LogP contribution in [0.25, 0.3) is 0 Å². The van der Waals surface area contributed by atoms with Gasteiger partial charge >= 0.3 is 0 Å². The van der Waals surface area contributed by atoms with Crippen molar-refractivity contribution < 1.29 is 0 Å². The normalized spacial score (nSPS) is 19.0. The Labute approximate surface area is 37.4 Å². The van der Waals surface area contributed by atoms with Crippen molar-refractivity contribution >= 4 is 0 Å². The van der Waals surface area contributed by atoms with Crippen LogP contribution in [0.4, 0.5) is 0 Å². The predicted molar refractivity (Wildman–Crippen MR) is 25.5 cm³/mol. The Morgan fingerprint density at radius 2 is 2.33 bits per heavy atom. The second-order valence-electron chi connectivity index (χ2n) is 1.38. The molecule has 1 aliphatic rings. The van der Waals surface area contributed by atoms with Crippen molar-refractivity contribution in [2.24, 2.45) is 0 Å². The Morgan fingerprint density at radius 1 is 1.67 bits per heavy atom. The van der Waals surface area contributed by atoms with Gasteiger partial charge in [0.25, 0.3) is 0 Å². The Kier molecular flexibility index (Phi) is 0.789. The van der Waals surface area contributed by atoms with E-state index in [4.69, 9.17) is 0 Å². The number of hydrogen-bond acceptors (Lipinski definition) is 1. The van der Waals surface area contributed by atoms with Crippen LogP contribution >= 0.6 is 0 Å². The molecular weight excluding hydrogens is 74.1 g/mol. The lowest BCUT2D eigenvalue weighted by Gasteiger charge is -2.14. The number of rotatable bonds is 0. The summed E-state index contributed by atoms with van der Waals surface area (Å²) in [5.74, 6) is 0. The van der Waals surface area contributed by atoms with Gasteiger partial charge < -0.3 is 5.32 Å². The van der Waals surface area contributed by atoms with Gasteiger partial charge in [0, 0.05) is 13.1 Å². The zero-order valence-corrected chi connectivity index (χ0v) is 3.62. The third-order valence-electron chi connectivity index (χ3n) is 0.927. The molecule has 0 atom stereocenters. The van der Waals surface area contributed by atoms with Crippen LogP contribution in [0.3, 0.4) is 0 Å². The second-order valence-corrected chi connectivity index (χ2v) is 1.38. The van der Waals surface area contributed by atoms with Crippen LogP contribution in [0.15, 0.2) is 17.9 Å². The summed E-state index contributed by atoms with van der Waals surface area (Å²) < 4.78 is 0. The number of hydrogen-bond donors (Lipinski definition) is 1. The summed E-state index contributed by atoms with van der Waals surface area (Å²) >= 11 is 0. The van der Waals surface area contributed by atoms with Crippen LogP contribution < -0.4 is 5.32 Å². The van der Waals surface area contributed by atoms with Gasteiger partial charge in [-0.3, -0.25) is 0 Å². The highest BCUT2D eigenvalue weighted by Crippen LogP contribution is 1.94. The summed E-state index contributed by atoms with van der Waals surface area (Å²) in [7, 11) is 0. The second kappa shape index (κ2) is 1.29. The summed E-state index contributed by atoms with van der Waals surface area (Å²) in [6.07, 6.45) is 0. The molecule has 0 saturated carbocycles. The summed E-state index contributed by atoms with van der Waals surface area (Å²) in [6, 6.07) is 0. The molecule has 1 fully saturated rings. The van der Waals surface area contributed by atoms with Crippen LogP contribution in [0.2, 0.25) is 0 Å². The lowest BCUT2D eigenvalue weighted by Crippen LogP contribution is -2.32. The fourth-order valence-corrected chi connectivity index (χ4v) is 0.375. The maximum Gasteiger partial charge on any atom is 0.0256 e. The minimum absolute atomic E-state index is 1.00. The highest BCUT2D eigenvalue weighted by molar-refractivity contribution is 5.11. The van der Waals surface area contributed by atoms with Gasteiger partial charge in [-0.25, -0.2) is 0 Å². The highest BCUT2D eigenvalue weighted by Gasteiger charge is 2.02. The molecule has 0 radical (unpaired) electrons. The SMILES string of the molecule is C=C=C1CNC1. The first-order chi connectivity index (χ1) is 2.93. The third-order valence-corrected chi connectivity index (χ3v) is 0.927. The molecular formula is C5H7N. The third kappa shape index (κ3) is 0.383. The summed E-state index contributed by atoms with van der Waals surface area (Å²) in [5, 5.41) is 3.07. The summed E-state index contributed by atoms with van der Waals surface area (Å²) in [4.78, 5) is 0. The van der Waals surface area contributed by atoms with E-state index >= 15 is 0 Å². The van der Waals surface area contributed by atoms with Crippen molar-refractivity contribution in [3.05, 3.63) is 17.9 Å². The largest absolute Gasteiger partial charge is 0.308 e. The monoisotopic (exact) mass is 81.1 g/mol. The van der Waals surface area contributed by atoms with Crippen molar-refractivity contribution in [3.63, 3.8) is 0 Å². The Balaban J connectivity index is 2.55. The molecule has 6 heavy (non-hydrogen) atoms. The maximum absolute atomic E-state index is 3.48. The van der Waals surface area contributed by atoms with Gasteiger partial charge in [0.15, 0.2) is 0 Å². The highest BCUT2D eigenvalue weighted by atomic mass is 14.9. The minimum atomic E-state index is 1.00. The molecule has 1 aliphatic heterocycles. The molecule has 1 rings (SSSR count). The van der Waals surface area contributed by atoms with E-state index < -0.39 is 0 Å². The van der Waals surface area contributed by atoms with E-state index in [1.165, 1.54) is 5.57 Å². The molecule has 0 bridgehead atoms. The molecule has 0 aromatic heterocycles. The fraction of sp³-hybridized carbons (Fsp3) is 0.400. The van der Waals surface area contributed by atoms with Crippen LogP contribution in [-0.2, 0) is 0 Å². The molecule has 0 aromatic rings. The summed E-state index contributed by atoms with van der Waals surface area (Å²) in [5.41, 5.74) is 4.11. The molecule has 0 aromatic carbocycles. The standard InChI is InChI=1S/C5H7N/c1-2-5-3-6-4-5/h6H,1,3-4H2. The lowest BCUT2D eigenvalue weighted by molar-refractivity contribution is 0.671. The van der Waals surface area contributed by atoms with Gasteiger partial charge in [0.05, 0.1) is 0 Å². The Bertz CT molecular complexity index is 92.5. The van der Waals surface area contributed by atoms with Crippen LogP contribution in [0.5, 0.6) is 0 Å². The van der Waals surface area contributed by atoms with E-state index in [9.17, 15) is 0 Å². The predicted octanol–water partition coefficient (Wildman–Crippen LogP) is 0.301. The zero-order chi connectivity index (χ0) is 4.41.